The summed E-state index contributed by atoms with van der Waals surface area (Å²) in [5.41, 5.74) is 6.70. The Labute approximate surface area is 189 Å². The molecule has 10 heteroatoms. The summed E-state index contributed by atoms with van der Waals surface area (Å²) in [4.78, 5) is 36.6. The smallest absolute Gasteiger partial charge is 0.408 e. The Balaban J connectivity index is 2.01. The van der Waals surface area contributed by atoms with Gasteiger partial charge in [-0.1, -0.05) is 59.6 Å². The Bertz CT molecular complexity index is 924. The summed E-state index contributed by atoms with van der Waals surface area (Å²) < 4.78 is 5.07. The first-order valence-electron chi connectivity index (χ1n) is 9.36. The monoisotopic (exact) mass is 467 g/mol. The third-order valence-corrected chi connectivity index (χ3v) is 4.94. The lowest BCUT2D eigenvalue weighted by atomic mass is 10.0. The van der Waals surface area contributed by atoms with Crippen LogP contribution in [0.4, 0.5) is 4.79 Å². The summed E-state index contributed by atoms with van der Waals surface area (Å²) in [7, 11) is 0. The maximum atomic E-state index is 12.6. The molecule has 0 aromatic heterocycles. The van der Waals surface area contributed by atoms with Crippen LogP contribution in [0.5, 0.6) is 0 Å². The van der Waals surface area contributed by atoms with Crippen LogP contribution in [0.15, 0.2) is 48.5 Å². The van der Waals surface area contributed by atoms with Crippen LogP contribution in [0.25, 0.3) is 0 Å². The number of hydrogen-bond donors (Lipinski definition) is 4. The lowest BCUT2D eigenvalue weighted by Crippen LogP contribution is -2.57. The van der Waals surface area contributed by atoms with Gasteiger partial charge in [-0.25, -0.2) is 4.79 Å². The van der Waals surface area contributed by atoms with Crippen molar-refractivity contribution >= 4 is 41.1 Å². The number of hydrogen-bond acceptors (Lipinski definition) is 5. The summed E-state index contributed by atoms with van der Waals surface area (Å²) in [5, 5.41) is 15.4. The highest BCUT2D eigenvalue weighted by Crippen LogP contribution is 2.22. The van der Waals surface area contributed by atoms with E-state index in [9.17, 15) is 19.5 Å². The van der Waals surface area contributed by atoms with E-state index in [0.717, 1.165) is 5.56 Å². The number of carbonyl (C=O) groups is 3. The van der Waals surface area contributed by atoms with Gasteiger partial charge in [-0.3, -0.25) is 9.59 Å². The van der Waals surface area contributed by atoms with Gasteiger partial charge in [0.25, 0.3) is 0 Å². The second-order valence-electron chi connectivity index (χ2n) is 6.83. The molecule has 2 aromatic carbocycles. The third kappa shape index (κ3) is 7.75. The summed E-state index contributed by atoms with van der Waals surface area (Å²) in [6.07, 6.45) is -2.17. The first-order chi connectivity index (χ1) is 14.7. The fourth-order valence-corrected chi connectivity index (χ4v) is 3.17. The Kier molecular flexibility index (Phi) is 9.11. The fourth-order valence-electron chi connectivity index (χ4n) is 2.69. The van der Waals surface area contributed by atoms with Crippen LogP contribution in [0, 0.1) is 0 Å². The number of rotatable bonds is 9. The molecule has 3 amide bonds. The quantitative estimate of drug-likeness (QED) is 0.448. The highest BCUT2D eigenvalue weighted by atomic mass is 35.5. The van der Waals surface area contributed by atoms with Gasteiger partial charge in [0.2, 0.25) is 11.8 Å². The standard InChI is InChI=1S/C21H23Cl2N3O5/c1-12(27)18(26-21(30)31-11-13-5-3-2-4-6-13)20(29)25-17(19(24)28)9-14-7-8-15(22)10-16(14)23/h2-8,10,12,17-18,27H,9,11H2,1H3,(H2,24,28)(H,25,29)(H,26,30)/t12-,17+,18+/m1/s1. The van der Waals surface area contributed by atoms with Gasteiger partial charge in [-0.05, 0) is 30.2 Å². The maximum Gasteiger partial charge on any atom is 0.408 e. The molecule has 0 heterocycles. The number of alkyl carbamates (subject to hydrolysis) is 1. The van der Waals surface area contributed by atoms with Crippen LogP contribution in [-0.2, 0) is 27.4 Å². The molecule has 0 radical (unpaired) electrons. The minimum Gasteiger partial charge on any atom is -0.445 e. The van der Waals surface area contributed by atoms with Gasteiger partial charge in [-0.2, -0.15) is 0 Å². The van der Waals surface area contributed by atoms with Crippen molar-refractivity contribution in [2.75, 3.05) is 0 Å². The van der Waals surface area contributed by atoms with E-state index >= 15 is 0 Å². The van der Waals surface area contributed by atoms with Crippen molar-refractivity contribution in [2.24, 2.45) is 5.73 Å². The second-order valence-corrected chi connectivity index (χ2v) is 7.67. The van der Waals surface area contributed by atoms with Gasteiger partial charge in [0.15, 0.2) is 0 Å². The molecule has 0 saturated carbocycles. The molecule has 3 atom stereocenters. The fraction of sp³-hybridized carbons (Fsp3) is 0.286. The molecule has 0 aliphatic rings. The van der Waals surface area contributed by atoms with Gasteiger partial charge in [0, 0.05) is 16.5 Å². The summed E-state index contributed by atoms with van der Waals surface area (Å²) >= 11 is 12.0. The number of nitrogens with one attached hydrogen (secondary N) is 2. The normalized spacial score (nSPS) is 13.5. The van der Waals surface area contributed by atoms with Crippen molar-refractivity contribution in [3.63, 3.8) is 0 Å². The minimum absolute atomic E-state index is 0.00204. The number of ether oxygens (including phenoxy) is 1. The maximum absolute atomic E-state index is 12.6. The third-order valence-electron chi connectivity index (χ3n) is 4.35. The average Bonchev–Trinajstić information content (AvgIpc) is 2.72. The molecule has 8 nitrogen and oxygen atoms in total. The van der Waals surface area contributed by atoms with Crippen LogP contribution < -0.4 is 16.4 Å². The lowest BCUT2D eigenvalue weighted by molar-refractivity contribution is -0.130. The predicted molar refractivity (Wildman–Crippen MR) is 117 cm³/mol. The molecule has 0 spiro atoms. The predicted octanol–water partition coefficient (Wildman–Crippen LogP) is 2.18. The van der Waals surface area contributed by atoms with Crippen LogP contribution in [-0.4, -0.2) is 41.2 Å². The zero-order valence-electron chi connectivity index (χ0n) is 16.7. The van der Waals surface area contributed by atoms with Crippen molar-refractivity contribution in [3.8, 4) is 0 Å². The molecular formula is C21H23Cl2N3O5. The zero-order valence-corrected chi connectivity index (χ0v) is 18.2. The van der Waals surface area contributed by atoms with Crippen LogP contribution in [0.2, 0.25) is 10.0 Å². The van der Waals surface area contributed by atoms with E-state index in [4.69, 9.17) is 33.7 Å². The Hall–Kier alpha value is -2.81. The Morgan fingerprint density at radius 3 is 2.35 bits per heavy atom. The first-order valence-corrected chi connectivity index (χ1v) is 10.1. The van der Waals surface area contributed by atoms with Gasteiger partial charge in [0.1, 0.15) is 18.7 Å². The van der Waals surface area contributed by atoms with E-state index in [2.05, 4.69) is 10.6 Å². The van der Waals surface area contributed by atoms with Gasteiger partial charge in [0.05, 0.1) is 6.10 Å². The summed E-state index contributed by atoms with van der Waals surface area (Å²) in [5.74, 6) is -1.61. The number of nitrogens with two attached hydrogens (primary N) is 1. The van der Waals surface area contributed by atoms with E-state index in [0.29, 0.717) is 15.6 Å². The van der Waals surface area contributed by atoms with E-state index in [1.807, 2.05) is 6.07 Å². The van der Waals surface area contributed by atoms with E-state index in [1.54, 1.807) is 36.4 Å². The SMILES string of the molecule is C[C@@H](O)[C@H](NC(=O)OCc1ccccc1)C(=O)N[C@@H](Cc1ccc(Cl)cc1Cl)C(N)=O. The topological polar surface area (TPSA) is 131 Å². The molecule has 166 valence electrons. The van der Waals surface area contributed by atoms with Crippen LogP contribution >= 0.6 is 23.2 Å². The molecule has 0 fully saturated rings. The highest BCUT2D eigenvalue weighted by Gasteiger charge is 2.30. The molecule has 5 N–H and O–H groups in total. The van der Waals surface area contributed by atoms with E-state index in [1.165, 1.54) is 13.0 Å². The average molecular weight is 468 g/mol. The number of aliphatic hydroxyl groups excluding tert-OH is 1. The summed E-state index contributed by atoms with van der Waals surface area (Å²) in [6.45, 7) is 1.30. The second kappa shape index (κ2) is 11.5. The van der Waals surface area contributed by atoms with Crippen molar-refractivity contribution in [1.82, 2.24) is 10.6 Å². The lowest BCUT2D eigenvalue weighted by Gasteiger charge is -2.23. The van der Waals surface area contributed by atoms with Crippen molar-refractivity contribution in [1.29, 1.82) is 0 Å². The molecular weight excluding hydrogens is 445 g/mol. The molecule has 0 bridgehead atoms. The molecule has 2 rings (SSSR count). The molecule has 31 heavy (non-hydrogen) atoms. The van der Waals surface area contributed by atoms with E-state index in [-0.39, 0.29) is 13.0 Å². The van der Waals surface area contributed by atoms with Crippen molar-refractivity contribution < 1.29 is 24.2 Å². The number of primary amides is 1. The number of amides is 3. The molecule has 2 aromatic rings. The number of carbonyl (C=O) groups excluding carboxylic acids is 3. The van der Waals surface area contributed by atoms with E-state index < -0.39 is 36.1 Å². The van der Waals surface area contributed by atoms with Gasteiger partial charge < -0.3 is 26.2 Å². The van der Waals surface area contributed by atoms with Crippen LogP contribution in [0.3, 0.4) is 0 Å². The number of halogens is 2. The largest absolute Gasteiger partial charge is 0.445 e. The van der Waals surface area contributed by atoms with Crippen molar-refractivity contribution in [2.45, 2.75) is 38.1 Å². The molecule has 0 aliphatic heterocycles. The van der Waals surface area contributed by atoms with Gasteiger partial charge >= 0.3 is 6.09 Å². The highest BCUT2D eigenvalue weighted by molar-refractivity contribution is 6.35. The molecule has 0 saturated heterocycles. The molecule has 0 aliphatic carbocycles. The Morgan fingerprint density at radius 2 is 1.77 bits per heavy atom. The molecule has 0 unspecified atom stereocenters. The Morgan fingerprint density at radius 1 is 1.10 bits per heavy atom. The first kappa shape index (κ1) is 24.5. The van der Waals surface area contributed by atoms with Gasteiger partial charge in [-0.15, -0.1) is 0 Å². The minimum atomic E-state index is -1.37. The summed E-state index contributed by atoms with van der Waals surface area (Å²) in [6, 6.07) is 11.1. The zero-order chi connectivity index (χ0) is 23.0. The number of benzene rings is 2. The van der Waals surface area contributed by atoms with Crippen molar-refractivity contribution in [3.05, 3.63) is 69.7 Å². The van der Waals surface area contributed by atoms with Crippen LogP contribution in [0.1, 0.15) is 18.1 Å². The number of aliphatic hydroxyl groups is 1.